The number of carboxylic acid groups (broad SMARTS) is 1. The second-order valence-electron chi connectivity index (χ2n) is 4.67. The standard InChI is InChI=1S/C12H23N3O3/c1-3-4-13-12(18)10(2)15-7-5-14(6-8-15)9-11(16)17/h10H,3-9H2,1-2H3,(H,13,18)(H,16,17). The van der Waals surface area contributed by atoms with Crippen molar-refractivity contribution >= 4 is 11.9 Å². The molecule has 0 radical (unpaired) electrons. The molecule has 1 fully saturated rings. The SMILES string of the molecule is CCCNC(=O)C(C)N1CCN(CC(=O)O)CC1. The van der Waals surface area contributed by atoms with Crippen LogP contribution in [0.3, 0.4) is 0 Å². The topological polar surface area (TPSA) is 72.9 Å². The Morgan fingerprint density at radius 3 is 2.39 bits per heavy atom. The van der Waals surface area contributed by atoms with Crippen LogP contribution < -0.4 is 5.32 Å². The molecule has 0 aromatic carbocycles. The summed E-state index contributed by atoms with van der Waals surface area (Å²) in [5, 5.41) is 11.6. The number of nitrogens with zero attached hydrogens (tertiary/aromatic N) is 2. The molecule has 18 heavy (non-hydrogen) atoms. The molecule has 0 spiro atoms. The average molecular weight is 257 g/mol. The minimum absolute atomic E-state index is 0.0588. The lowest BCUT2D eigenvalue weighted by molar-refractivity contribution is -0.139. The van der Waals surface area contributed by atoms with E-state index < -0.39 is 5.97 Å². The van der Waals surface area contributed by atoms with Gasteiger partial charge in [0.1, 0.15) is 0 Å². The summed E-state index contributed by atoms with van der Waals surface area (Å²) in [6.07, 6.45) is 0.935. The van der Waals surface area contributed by atoms with Crippen molar-refractivity contribution in [2.24, 2.45) is 0 Å². The first-order valence-corrected chi connectivity index (χ1v) is 6.50. The minimum atomic E-state index is -0.794. The first-order valence-electron chi connectivity index (χ1n) is 6.50. The summed E-state index contributed by atoms with van der Waals surface area (Å²) in [7, 11) is 0. The van der Waals surface area contributed by atoms with E-state index in [4.69, 9.17) is 5.11 Å². The maximum absolute atomic E-state index is 11.8. The van der Waals surface area contributed by atoms with Gasteiger partial charge in [-0.25, -0.2) is 0 Å². The van der Waals surface area contributed by atoms with Crippen molar-refractivity contribution in [2.75, 3.05) is 39.3 Å². The van der Waals surface area contributed by atoms with Gasteiger partial charge in [0.25, 0.3) is 0 Å². The van der Waals surface area contributed by atoms with Crippen molar-refractivity contribution in [3.05, 3.63) is 0 Å². The molecule has 1 rings (SSSR count). The molecule has 1 amide bonds. The number of amides is 1. The fraction of sp³-hybridized carbons (Fsp3) is 0.833. The molecule has 0 bridgehead atoms. The average Bonchev–Trinajstić information content (AvgIpc) is 2.35. The minimum Gasteiger partial charge on any atom is -0.480 e. The quantitative estimate of drug-likeness (QED) is 0.677. The highest BCUT2D eigenvalue weighted by molar-refractivity contribution is 5.81. The summed E-state index contributed by atoms with van der Waals surface area (Å²) in [6, 6.07) is -0.136. The Hall–Kier alpha value is -1.14. The summed E-state index contributed by atoms with van der Waals surface area (Å²) >= 11 is 0. The van der Waals surface area contributed by atoms with Gasteiger partial charge in [-0.2, -0.15) is 0 Å². The van der Waals surface area contributed by atoms with E-state index in [9.17, 15) is 9.59 Å². The molecule has 0 aromatic heterocycles. The van der Waals surface area contributed by atoms with Crippen LogP contribution in [-0.2, 0) is 9.59 Å². The molecule has 6 nitrogen and oxygen atoms in total. The summed E-state index contributed by atoms with van der Waals surface area (Å²) in [4.78, 5) is 26.4. The van der Waals surface area contributed by atoms with Crippen molar-refractivity contribution in [3.63, 3.8) is 0 Å². The molecular weight excluding hydrogens is 234 g/mol. The number of carbonyl (C=O) groups excluding carboxylic acids is 1. The van der Waals surface area contributed by atoms with E-state index in [1.54, 1.807) is 0 Å². The highest BCUT2D eigenvalue weighted by Crippen LogP contribution is 2.06. The molecule has 0 aliphatic carbocycles. The number of carbonyl (C=O) groups is 2. The Bertz CT molecular complexity index is 288. The number of nitrogens with one attached hydrogen (secondary N) is 1. The van der Waals surface area contributed by atoms with Crippen LogP contribution in [0.15, 0.2) is 0 Å². The zero-order valence-electron chi connectivity index (χ0n) is 11.2. The van der Waals surface area contributed by atoms with Crippen LogP contribution in [0.25, 0.3) is 0 Å². The Balaban J connectivity index is 2.33. The number of hydrogen-bond acceptors (Lipinski definition) is 4. The smallest absolute Gasteiger partial charge is 0.317 e. The Labute approximate surface area is 108 Å². The van der Waals surface area contributed by atoms with E-state index in [1.165, 1.54) is 0 Å². The second-order valence-corrected chi connectivity index (χ2v) is 4.67. The van der Waals surface area contributed by atoms with E-state index >= 15 is 0 Å². The normalized spacial score (nSPS) is 19.4. The second kappa shape index (κ2) is 7.33. The Kier molecular flexibility index (Phi) is 6.07. The van der Waals surface area contributed by atoms with Gasteiger partial charge in [0.2, 0.25) is 5.91 Å². The van der Waals surface area contributed by atoms with E-state index in [0.717, 1.165) is 19.5 Å². The third-order valence-corrected chi connectivity index (χ3v) is 3.24. The van der Waals surface area contributed by atoms with Gasteiger partial charge in [-0.1, -0.05) is 6.92 Å². The fourth-order valence-electron chi connectivity index (χ4n) is 2.06. The molecule has 1 aliphatic rings. The van der Waals surface area contributed by atoms with Crippen molar-refractivity contribution in [1.29, 1.82) is 0 Å². The van der Waals surface area contributed by atoms with Crippen LogP contribution in [0, 0.1) is 0 Å². The highest BCUT2D eigenvalue weighted by Gasteiger charge is 2.25. The van der Waals surface area contributed by atoms with Crippen LogP contribution in [-0.4, -0.2) is 72.1 Å². The molecule has 6 heteroatoms. The first kappa shape index (κ1) is 14.9. The summed E-state index contributed by atoms with van der Waals surface area (Å²) in [5.74, 6) is -0.735. The predicted octanol–water partition coefficient (Wildman–Crippen LogP) is -0.397. The van der Waals surface area contributed by atoms with E-state index in [-0.39, 0.29) is 18.5 Å². The van der Waals surface area contributed by atoms with E-state index in [0.29, 0.717) is 19.6 Å². The molecule has 2 N–H and O–H groups in total. The van der Waals surface area contributed by atoms with Crippen molar-refractivity contribution in [3.8, 4) is 0 Å². The van der Waals surface area contributed by atoms with Crippen LogP contribution in [0.5, 0.6) is 0 Å². The highest BCUT2D eigenvalue weighted by atomic mass is 16.4. The lowest BCUT2D eigenvalue weighted by Crippen LogP contribution is -2.54. The van der Waals surface area contributed by atoms with Crippen LogP contribution >= 0.6 is 0 Å². The van der Waals surface area contributed by atoms with Gasteiger partial charge < -0.3 is 10.4 Å². The zero-order chi connectivity index (χ0) is 13.5. The molecule has 1 aliphatic heterocycles. The van der Waals surface area contributed by atoms with E-state index in [2.05, 4.69) is 10.2 Å². The van der Waals surface area contributed by atoms with Crippen LogP contribution in [0.1, 0.15) is 20.3 Å². The number of piperazine rings is 1. The van der Waals surface area contributed by atoms with E-state index in [1.807, 2.05) is 18.7 Å². The number of hydrogen-bond donors (Lipinski definition) is 2. The van der Waals surface area contributed by atoms with Gasteiger partial charge in [0.15, 0.2) is 0 Å². The van der Waals surface area contributed by atoms with Crippen molar-refractivity contribution < 1.29 is 14.7 Å². The lowest BCUT2D eigenvalue weighted by Gasteiger charge is -2.36. The third-order valence-electron chi connectivity index (χ3n) is 3.24. The number of rotatable bonds is 6. The maximum atomic E-state index is 11.8. The number of carboxylic acids is 1. The maximum Gasteiger partial charge on any atom is 0.317 e. The molecule has 1 heterocycles. The lowest BCUT2D eigenvalue weighted by atomic mass is 10.2. The fourth-order valence-corrected chi connectivity index (χ4v) is 2.06. The van der Waals surface area contributed by atoms with Gasteiger partial charge in [-0.05, 0) is 13.3 Å². The molecule has 1 atom stereocenters. The van der Waals surface area contributed by atoms with Gasteiger partial charge >= 0.3 is 5.97 Å². The third kappa shape index (κ3) is 4.62. The molecule has 104 valence electrons. The van der Waals surface area contributed by atoms with Gasteiger partial charge in [-0.15, -0.1) is 0 Å². The van der Waals surface area contributed by atoms with Gasteiger partial charge in [-0.3, -0.25) is 19.4 Å². The zero-order valence-corrected chi connectivity index (χ0v) is 11.2. The predicted molar refractivity (Wildman–Crippen MR) is 68.4 cm³/mol. The molecule has 1 unspecified atom stereocenters. The van der Waals surface area contributed by atoms with Crippen molar-refractivity contribution in [2.45, 2.75) is 26.3 Å². The van der Waals surface area contributed by atoms with Crippen LogP contribution in [0.2, 0.25) is 0 Å². The molecule has 0 saturated carbocycles. The molecule has 0 aromatic rings. The van der Waals surface area contributed by atoms with Gasteiger partial charge in [0, 0.05) is 32.7 Å². The first-order chi connectivity index (χ1) is 8.54. The monoisotopic (exact) mass is 257 g/mol. The Morgan fingerprint density at radius 2 is 1.89 bits per heavy atom. The Morgan fingerprint density at radius 1 is 1.28 bits per heavy atom. The molecular formula is C12H23N3O3. The summed E-state index contributed by atoms with van der Waals surface area (Å²) in [5.41, 5.74) is 0. The molecule has 1 saturated heterocycles. The largest absolute Gasteiger partial charge is 0.480 e. The summed E-state index contributed by atoms with van der Waals surface area (Å²) in [6.45, 7) is 7.62. The van der Waals surface area contributed by atoms with Gasteiger partial charge in [0.05, 0.1) is 12.6 Å². The summed E-state index contributed by atoms with van der Waals surface area (Å²) < 4.78 is 0. The van der Waals surface area contributed by atoms with Crippen molar-refractivity contribution in [1.82, 2.24) is 15.1 Å². The van der Waals surface area contributed by atoms with Crippen LogP contribution in [0.4, 0.5) is 0 Å². The number of aliphatic carboxylic acids is 1.